The van der Waals surface area contributed by atoms with Gasteiger partial charge < -0.3 is 24.2 Å². The van der Waals surface area contributed by atoms with E-state index in [4.69, 9.17) is 19.3 Å². The summed E-state index contributed by atoms with van der Waals surface area (Å²) in [4.78, 5) is 24.7. The van der Waals surface area contributed by atoms with Gasteiger partial charge in [0.2, 0.25) is 0 Å². The van der Waals surface area contributed by atoms with Crippen molar-refractivity contribution >= 4 is 11.9 Å². The van der Waals surface area contributed by atoms with E-state index < -0.39 is 12.6 Å². The number of carboxylic acids is 1. The first-order valence-electron chi connectivity index (χ1n) is 7.10. The quantitative estimate of drug-likeness (QED) is 0.844. The zero-order valence-electron chi connectivity index (χ0n) is 12.4. The van der Waals surface area contributed by atoms with Crippen molar-refractivity contribution < 1.29 is 28.9 Å². The van der Waals surface area contributed by atoms with Gasteiger partial charge in [0.25, 0.3) is 5.91 Å². The Morgan fingerprint density at radius 1 is 1.23 bits per heavy atom. The van der Waals surface area contributed by atoms with Crippen LogP contribution in [0.25, 0.3) is 0 Å². The van der Waals surface area contributed by atoms with Gasteiger partial charge in [0.15, 0.2) is 18.1 Å². The lowest BCUT2D eigenvalue weighted by atomic mass is 10.1. The van der Waals surface area contributed by atoms with Crippen molar-refractivity contribution in [2.75, 3.05) is 39.5 Å². The Kier molecular flexibility index (Phi) is 5.60. The molecule has 0 saturated carbocycles. The SMILES string of the molecule is CCOc1cc(C(=O)N2CCOCC2)ccc1OCC(=O)O. The molecule has 7 nitrogen and oxygen atoms in total. The highest BCUT2D eigenvalue weighted by atomic mass is 16.5. The molecule has 1 aliphatic rings. The molecular formula is C15H19NO6. The summed E-state index contributed by atoms with van der Waals surface area (Å²) in [6.07, 6.45) is 0. The second-order valence-electron chi connectivity index (χ2n) is 4.68. The molecule has 1 fully saturated rings. The summed E-state index contributed by atoms with van der Waals surface area (Å²) in [5.41, 5.74) is 0.480. The molecule has 0 atom stereocenters. The number of amides is 1. The molecule has 0 spiro atoms. The molecule has 120 valence electrons. The van der Waals surface area contributed by atoms with Gasteiger partial charge in [-0.2, -0.15) is 0 Å². The van der Waals surface area contributed by atoms with Crippen molar-refractivity contribution in [3.63, 3.8) is 0 Å². The smallest absolute Gasteiger partial charge is 0.341 e. The molecule has 1 aliphatic heterocycles. The average molecular weight is 309 g/mol. The summed E-state index contributed by atoms with van der Waals surface area (Å²) in [5, 5.41) is 8.67. The molecule has 1 aromatic carbocycles. The fraction of sp³-hybridized carbons (Fsp3) is 0.467. The van der Waals surface area contributed by atoms with E-state index in [1.54, 1.807) is 30.0 Å². The summed E-state index contributed by atoms with van der Waals surface area (Å²) < 4.78 is 15.8. The van der Waals surface area contributed by atoms with Gasteiger partial charge in [0.05, 0.1) is 19.8 Å². The maximum absolute atomic E-state index is 12.4. The number of aliphatic carboxylic acids is 1. The van der Waals surface area contributed by atoms with E-state index in [0.717, 1.165) is 0 Å². The molecule has 0 radical (unpaired) electrons. The molecule has 2 rings (SSSR count). The highest BCUT2D eigenvalue weighted by Crippen LogP contribution is 2.29. The van der Waals surface area contributed by atoms with E-state index in [1.807, 2.05) is 0 Å². The van der Waals surface area contributed by atoms with E-state index in [0.29, 0.717) is 50.0 Å². The van der Waals surface area contributed by atoms with Crippen LogP contribution in [-0.4, -0.2) is 61.4 Å². The molecule has 1 aromatic rings. The number of hydrogen-bond donors (Lipinski definition) is 1. The fourth-order valence-corrected chi connectivity index (χ4v) is 2.12. The van der Waals surface area contributed by atoms with Crippen LogP contribution in [0.3, 0.4) is 0 Å². The topological polar surface area (TPSA) is 85.3 Å². The molecule has 0 aliphatic carbocycles. The maximum atomic E-state index is 12.4. The zero-order valence-corrected chi connectivity index (χ0v) is 12.4. The summed E-state index contributed by atoms with van der Waals surface area (Å²) in [7, 11) is 0. The predicted molar refractivity (Wildman–Crippen MR) is 77.5 cm³/mol. The van der Waals surface area contributed by atoms with Gasteiger partial charge in [-0.1, -0.05) is 0 Å². The Morgan fingerprint density at radius 2 is 1.95 bits per heavy atom. The number of carboxylic acid groups (broad SMARTS) is 1. The van der Waals surface area contributed by atoms with E-state index >= 15 is 0 Å². The molecule has 0 aromatic heterocycles. The predicted octanol–water partition coefficient (Wildman–Crippen LogP) is 1.02. The van der Waals surface area contributed by atoms with Crippen LogP contribution in [0, 0.1) is 0 Å². The number of carbonyl (C=O) groups is 2. The molecule has 0 unspecified atom stereocenters. The number of morpholine rings is 1. The number of carbonyl (C=O) groups excluding carboxylic acids is 1. The third-order valence-electron chi connectivity index (χ3n) is 3.14. The lowest BCUT2D eigenvalue weighted by Crippen LogP contribution is -2.40. The minimum Gasteiger partial charge on any atom is -0.490 e. The summed E-state index contributed by atoms with van der Waals surface area (Å²) in [6.45, 7) is 3.90. The van der Waals surface area contributed by atoms with Gasteiger partial charge in [-0.25, -0.2) is 4.79 Å². The number of hydrogen-bond acceptors (Lipinski definition) is 5. The first kappa shape index (κ1) is 16.1. The Bertz CT molecular complexity index is 539. The van der Waals surface area contributed by atoms with Crippen molar-refractivity contribution in [1.82, 2.24) is 4.90 Å². The third-order valence-corrected chi connectivity index (χ3v) is 3.14. The van der Waals surface area contributed by atoms with E-state index in [2.05, 4.69) is 0 Å². The van der Waals surface area contributed by atoms with Crippen LogP contribution >= 0.6 is 0 Å². The Morgan fingerprint density at radius 3 is 2.59 bits per heavy atom. The van der Waals surface area contributed by atoms with Gasteiger partial charge in [0, 0.05) is 18.7 Å². The highest BCUT2D eigenvalue weighted by molar-refractivity contribution is 5.95. The van der Waals surface area contributed by atoms with Crippen LogP contribution in [-0.2, 0) is 9.53 Å². The van der Waals surface area contributed by atoms with Gasteiger partial charge in [-0.3, -0.25) is 4.79 Å². The van der Waals surface area contributed by atoms with Crippen LogP contribution in [0.4, 0.5) is 0 Å². The lowest BCUT2D eigenvalue weighted by Gasteiger charge is -2.27. The normalized spacial score (nSPS) is 14.5. The average Bonchev–Trinajstić information content (AvgIpc) is 2.54. The van der Waals surface area contributed by atoms with Gasteiger partial charge in [0.1, 0.15) is 0 Å². The van der Waals surface area contributed by atoms with Crippen LogP contribution in [0.2, 0.25) is 0 Å². The number of rotatable bonds is 6. The zero-order chi connectivity index (χ0) is 15.9. The number of ether oxygens (including phenoxy) is 3. The molecule has 1 heterocycles. The van der Waals surface area contributed by atoms with Gasteiger partial charge in [-0.15, -0.1) is 0 Å². The van der Waals surface area contributed by atoms with Crippen molar-refractivity contribution in [1.29, 1.82) is 0 Å². The summed E-state index contributed by atoms with van der Waals surface area (Å²) >= 11 is 0. The maximum Gasteiger partial charge on any atom is 0.341 e. The van der Waals surface area contributed by atoms with Crippen molar-refractivity contribution in [2.24, 2.45) is 0 Å². The van der Waals surface area contributed by atoms with E-state index in [9.17, 15) is 9.59 Å². The minimum atomic E-state index is -1.07. The molecule has 7 heteroatoms. The van der Waals surface area contributed by atoms with Crippen molar-refractivity contribution in [3.8, 4) is 11.5 Å². The molecular weight excluding hydrogens is 290 g/mol. The minimum absolute atomic E-state index is 0.103. The van der Waals surface area contributed by atoms with Crippen molar-refractivity contribution in [2.45, 2.75) is 6.92 Å². The first-order chi connectivity index (χ1) is 10.6. The van der Waals surface area contributed by atoms with Crippen LogP contribution in [0.5, 0.6) is 11.5 Å². The second-order valence-corrected chi connectivity index (χ2v) is 4.68. The van der Waals surface area contributed by atoms with E-state index in [1.165, 1.54) is 0 Å². The summed E-state index contributed by atoms with van der Waals surface area (Å²) in [5.74, 6) is -0.504. The second kappa shape index (κ2) is 7.65. The molecule has 1 amide bonds. The van der Waals surface area contributed by atoms with E-state index in [-0.39, 0.29) is 5.91 Å². The molecule has 1 N–H and O–H groups in total. The van der Waals surface area contributed by atoms with Crippen LogP contribution in [0.15, 0.2) is 18.2 Å². The van der Waals surface area contributed by atoms with Gasteiger partial charge >= 0.3 is 5.97 Å². The number of nitrogens with zero attached hydrogens (tertiary/aromatic N) is 1. The first-order valence-corrected chi connectivity index (χ1v) is 7.10. The van der Waals surface area contributed by atoms with Crippen molar-refractivity contribution in [3.05, 3.63) is 23.8 Å². The van der Waals surface area contributed by atoms with Gasteiger partial charge in [-0.05, 0) is 25.1 Å². The molecule has 0 bridgehead atoms. The number of benzene rings is 1. The molecule has 1 saturated heterocycles. The van der Waals surface area contributed by atoms with Crippen LogP contribution < -0.4 is 9.47 Å². The largest absolute Gasteiger partial charge is 0.490 e. The summed E-state index contributed by atoms with van der Waals surface area (Å²) in [6, 6.07) is 4.75. The Balaban J connectivity index is 2.16. The van der Waals surface area contributed by atoms with Crippen LogP contribution in [0.1, 0.15) is 17.3 Å². The third kappa shape index (κ3) is 4.11. The standard InChI is InChI=1S/C15H19NO6/c1-2-21-13-9-11(3-4-12(13)22-10-14(17)18)15(19)16-5-7-20-8-6-16/h3-4,9H,2,5-8,10H2,1H3,(H,17,18). The highest BCUT2D eigenvalue weighted by Gasteiger charge is 2.20. The lowest BCUT2D eigenvalue weighted by molar-refractivity contribution is -0.139. The fourth-order valence-electron chi connectivity index (χ4n) is 2.12. The Hall–Kier alpha value is -2.28. The monoisotopic (exact) mass is 309 g/mol. The molecule has 22 heavy (non-hydrogen) atoms. The Labute approximate surface area is 128 Å².